The van der Waals surface area contributed by atoms with Gasteiger partial charge < -0.3 is 25.1 Å². The first kappa shape index (κ1) is 20.8. The van der Waals surface area contributed by atoms with Crippen molar-refractivity contribution in [2.45, 2.75) is 65.0 Å². The number of rotatable bonds is 8. The highest BCUT2D eigenvalue weighted by Gasteiger charge is 2.27. The zero-order chi connectivity index (χ0) is 19.2. The van der Waals surface area contributed by atoms with E-state index < -0.39 is 5.60 Å². The van der Waals surface area contributed by atoms with Crippen molar-refractivity contribution in [3.05, 3.63) is 23.2 Å². The van der Waals surface area contributed by atoms with Gasteiger partial charge in [0.05, 0.1) is 6.54 Å². The van der Waals surface area contributed by atoms with Gasteiger partial charge in [0.15, 0.2) is 5.96 Å². The summed E-state index contributed by atoms with van der Waals surface area (Å²) in [6.45, 7) is 10.5. The van der Waals surface area contributed by atoms with E-state index in [0.29, 0.717) is 0 Å². The summed E-state index contributed by atoms with van der Waals surface area (Å²) in [5, 5.41) is 17.5. The van der Waals surface area contributed by atoms with Crippen LogP contribution in [0.5, 0.6) is 0 Å². The number of furan rings is 1. The van der Waals surface area contributed by atoms with E-state index in [4.69, 9.17) is 4.42 Å². The lowest BCUT2D eigenvalue weighted by molar-refractivity contribution is 0.0657. The lowest BCUT2D eigenvalue weighted by atomic mass is 9.96. The fourth-order valence-electron chi connectivity index (χ4n) is 3.70. The van der Waals surface area contributed by atoms with E-state index in [1.807, 2.05) is 26.8 Å². The molecule has 6 heteroatoms. The van der Waals surface area contributed by atoms with Crippen LogP contribution in [0.1, 0.15) is 56.6 Å². The molecule has 6 nitrogen and oxygen atoms in total. The molecule has 1 fully saturated rings. The summed E-state index contributed by atoms with van der Waals surface area (Å²) in [7, 11) is 2.20. The molecule has 0 radical (unpaired) electrons. The first-order chi connectivity index (χ1) is 12.3. The minimum Gasteiger partial charge on any atom is -0.466 e. The predicted octanol–water partition coefficient (Wildman–Crippen LogP) is 2.53. The van der Waals surface area contributed by atoms with Gasteiger partial charge in [-0.3, -0.25) is 0 Å². The van der Waals surface area contributed by atoms with Gasteiger partial charge in [-0.05, 0) is 53.7 Å². The molecule has 0 aromatic carbocycles. The van der Waals surface area contributed by atoms with Crippen LogP contribution < -0.4 is 10.6 Å². The molecule has 1 aliphatic rings. The van der Waals surface area contributed by atoms with Crippen LogP contribution in [0.15, 0.2) is 15.5 Å². The lowest BCUT2D eigenvalue weighted by Gasteiger charge is -2.25. The molecule has 26 heavy (non-hydrogen) atoms. The van der Waals surface area contributed by atoms with Gasteiger partial charge >= 0.3 is 0 Å². The summed E-state index contributed by atoms with van der Waals surface area (Å²) in [4.78, 5) is 7.03. The molecule has 1 atom stereocenters. The molecule has 1 aromatic rings. The molecule has 0 spiro atoms. The molecule has 1 heterocycles. The molecule has 2 rings (SSSR count). The molecule has 0 bridgehead atoms. The summed E-state index contributed by atoms with van der Waals surface area (Å²) < 4.78 is 5.55. The quantitative estimate of drug-likeness (QED) is 0.488. The Bertz CT molecular complexity index is 589. The summed E-state index contributed by atoms with van der Waals surface area (Å²) in [6, 6.07) is 2.62. The van der Waals surface area contributed by atoms with E-state index in [1.165, 1.54) is 25.7 Å². The van der Waals surface area contributed by atoms with Crippen LogP contribution in [0.25, 0.3) is 0 Å². The Morgan fingerprint density at radius 3 is 2.62 bits per heavy atom. The zero-order valence-electron chi connectivity index (χ0n) is 17.1. The van der Waals surface area contributed by atoms with E-state index in [-0.39, 0.29) is 6.54 Å². The number of likely N-dealkylation sites (N-methyl/N-ethyl adjacent to an activating group) is 1. The molecule has 1 aliphatic carbocycles. The minimum atomic E-state index is -1.05. The third kappa shape index (κ3) is 5.74. The van der Waals surface area contributed by atoms with Crippen molar-refractivity contribution in [1.29, 1.82) is 0 Å². The first-order valence-corrected chi connectivity index (χ1v) is 9.85. The van der Waals surface area contributed by atoms with Gasteiger partial charge in [0, 0.05) is 31.2 Å². The molecule has 0 amide bonds. The highest BCUT2D eigenvalue weighted by Crippen LogP contribution is 2.27. The molecular formula is C20H36N4O2. The largest absolute Gasteiger partial charge is 0.466 e. The van der Waals surface area contributed by atoms with E-state index in [2.05, 4.69) is 27.6 Å². The van der Waals surface area contributed by atoms with Crippen molar-refractivity contribution in [2.75, 3.05) is 33.2 Å². The Hall–Kier alpha value is -1.53. The Morgan fingerprint density at radius 2 is 2.04 bits per heavy atom. The highest BCUT2D eigenvalue weighted by atomic mass is 16.3. The van der Waals surface area contributed by atoms with Crippen LogP contribution in [0.2, 0.25) is 0 Å². The molecule has 0 saturated heterocycles. The summed E-state index contributed by atoms with van der Waals surface area (Å²) in [5.41, 5.74) is -0.249. The maximum Gasteiger partial charge on any atom is 0.191 e. The van der Waals surface area contributed by atoms with Gasteiger partial charge in [-0.2, -0.15) is 0 Å². The number of aliphatic hydroxyl groups is 1. The molecule has 0 aliphatic heterocycles. The third-order valence-electron chi connectivity index (χ3n) is 5.22. The van der Waals surface area contributed by atoms with Crippen LogP contribution in [-0.2, 0) is 5.60 Å². The first-order valence-electron chi connectivity index (χ1n) is 9.85. The molecule has 1 aromatic heterocycles. The van der Waals surface area contributed by atoms with Gasteiger partial charge in [0.1, 0.15) is 17.1 Å². The van der Waals surface area contributed by atoms with E-state index in [0.717, 1.165) is 48.7 Å². The van der Waals surface area contributed by atoms with Gasteiger partial charge in [-0.1, -0.05) is 12.8 Å². The smallest absolute Gasteiger partial charge is 0.191 e. The van der Waals surface area contributed by atoms with Gasteiger partial charge in [-0.25, -0.2) is 4.99 Å². The van der Waals surface area contributed by atoms with Crippen LogP contribution >= 0.6 is 0 Å². The maximum absolute atomic E-state index is 10.8. The number of aryl methyl sites for hydroxylation is 2. The second-order valence-corrected chi connectivity index (χ2v) is 7.64. The Kier molecular flexibility index (Phi) is 7.53. The molecule has 3 N–H and O–H groups in total. The van der Waals surface area contributed by atoms with Crippen molar-refractivity contribution < 1.29 is 9.52 Å². The second kappa shape index (κ2) is 9.42. The minimum absolute atomic E-state index is 0.278. The van der Waals surface area contributed by atoms with Crippen molar-refractivity contribution in [1.82, 2.24) is 15.5 Å². The predicted molar refractivity (Wildman–Crippen MR) is 107 cm³/mol. The SMILES string of the molecule is CCNC(=NCC(C)(O)c1cc(C)oc1C)NCCN(C)C1CCCC1. The van der Waals surface area contributed by atoms with E-state index >= 15 is 0 Å². The number of guanidine groups is 1. The van der Waals surface area contributed by atoms with Crippen LogP contribution in [0.3, 0.4) is 0 Å². The number of nitrogens with one attached hydrogen (secondary N) is 2. The van der Waals surface area contributed by atoms with Gasteiger partial charge in [-0.15, -0.1) is 0 Å². The van der Waals surface area contributed by atoms with Crippen molar-refractivity contribution in [2.24, 2.45) is 4.99 Å². The maximum atomic E-state index is 10.8. The second-order valence-electron chi connectivity index (χ2n) is 7.64. The topological polar surface area (TPSA) is 73.0 Å². The summed E-state index contributed by atoms with van der Waals surface area (Å²) in [6.07, 6.45) is 5.34. The summed E-state index contributed by atoms with van der Waals surface area (Å²) in [5.74, 6) is 2.30. The standard InChI is InChI=1S/C20H36N4O2/c1-6-21-19(22-11-12-24(5)17-9-7-8-10-17)23-14-20(4,25)18-13-15(2)26-16(18)3/h13,17,25H,6-12,14H2,1-5H3,(H2,21,22,23). The number of hydrogen-bond acceptors (Lipinski definition) is 4. The number of aliphatic imine (C=N–C) groups is 1. The van der Waals surface area contributed by atoms with Crippen molar-refractivity contribution in [3.63, 3.8) is 0 Å². The molecule has 148 valence electrons. The monoisotopic (exact) mass is 364 g/mol. The van der Waals surface area contributed by atoms with Crippen molar-refractivity contribution >= 4 is 5.96 Å². The Balaban J connectivity index is 1.89. The number of hydrogen-bond donors (Lipinski definition) is 3. The third-order valence-corrected chi connectivity index (χ3v) is 5.22. The highest BCUT2D eigenvalue weighted by molar-refractivity contribution is 5.79. The Morgan fingerprint density at radius 1 is 1.35 bits per heavy atom. The fourth-order valence-corrected chi connectivity index (χ4v) is 3.70. The normalized spacial score (nSPS) is 18.3. The lowest BCUT2D eigenvalue weighted by Crippen LogP contribution is -2.43. The zero-order valence-corrected chi connectivity index (χ0v) is 17.1. The van der Waals surface area contributed by atoms with E-state index in [1.54, 1.807) is 6.92 Å². The van der Waals surface area contributed by atoms with Crippen molar-refractivity contribution in [3.8, 4) is 0 Å². The van der Waals surface area contributed by atoms with Crippen LogP contribution in [0, 0.1) is 13.8 Å². The van der Waals surface area contributed by atoms with Crippen LogP contribution in [-0.4, -0.2) is 55.2 Å². The van der Waals surface area contributed by atoms with E-state index in [9.17, 15) is 5.11 Å². The van der Waals surface area contributed by atoms with Crippen LogP contribution in [0.4, 0.5) is 0 Å². The molecule has 1 saturated carbocycles. The molecule has 1 unspecified atom stereocenters. The summed E-state index contributed by atoms with van der Waals surface area (Å²) >= 11 is 0. The molecular weight excluding hydrogens is 328 g/mol. The average molecular weight is 365 g/mol. The van der Waals surface area contributed by atoms with Gasteiger partial charge in [0.2, 0.25) is 0 Å². The number of nitrogens with zero attached hydrogens (tertiary/aromatic N) is 2. The van der Waals surface area contributed by atoms with Gasteiger partial charge in [0.25, 0.3) is 0 Å². The Labute approximate surface area is 158 Å². The average Bonchev–Trinajstić information content (AvgIpc) is 3.22. The fraction of sp³-hybridized carbons (Fsp3) is 0.750.